The summed E-state index contributed by atoms with van der Waals surface area (Å²) < 4.78 is 27.2. The van der Waals surface area contributed by atoms with Crippen LogP contribution in [0.1, 0.15) is 39.2 Å². The Morgan fingerprint density at radius 2 is 2.14 bits per heavy atom. The molecule has 0 aromatic heterocycles. The Balaban J connectivity index is 2.13. The third-order valence-electron chi connectivity index (χ3n) is 4.74. The van der Waals surface area contributed by atoms with Gasteiger partial charge in [-0.05, 0) is 44.0 Å². The fraction of sp³-hybridized carbons (Fsp3) is 0.647. The van der Waals surface area contributed by atoms with Crippen LogP contribution in [0.2, 0.25) is 0 Å². The average molecular weight is 296 g/mol. The van der Waals surface area contributed by atoms with Gasteiger partial charge in [-0.1, -0.05) is 20.3 Å². The number of hydrogen-bond acceptors (Lipinski definition) is 2. The van der Waals surface area contributed by atoms with E-state index in [1.807, 2.05) is 0 Å². The highest BCUT2D eigenvalue weighted by atomic mass is 19.1. The molecule has 1 aromatic carbocycles. The van der Waals surface area contributed by atoms with Gasteiger partial charge in [-0.2, -0.15) is 0 Å². The first-order valence-electron chi connectivity index (χ1n) is 7.92. The Morgan fingerprint density at radius 1 is 1.38 bits per heavy atom. The molecule has 1 N–H and O–H groups in total. The molecule has 1 saturated heterocycles. The van der Waals surface area contributed by atoms with Crippen molar-refractivity contribution in [2.45, 2.75) is 52.2 Å². The largest absolute Gasteiger partial charge is 0.312 e. The molecule has 3 atom stereocenters. The fourth-order valence-corrected chi connectivity index (χ4v) is 2.93. The number of nitrogens with zero attached hydrogens (tertiary/aromatic N) is 1. The van der Waals surface area contributed by atoms with Crippen molar-refractivity contribution < 1.29 is 8.78 Å². The topological polar surface area (TPSA) is 15.3 Å². The van der Waals surface area contributed by atoms with Crippen LogP contribution in [-0.2, 0) is 6.54 Å². The van der Waals surface area contributed by atoms with Crippen molar-refractivity contribution in [1.29, 1.82) is 0 Å². The zero-order valence-electron chi connectivity index (χ0n) is 13.2. The van der Waals surface area contributed by atoms with Crippen LogP contribution in [0.3, 0.4) is 0 Å². The molecule has 0 radical (unpaired) electrons. The first kappa shape index (κ1) is 16.4. The van der Waals surface area contributed by atoms with Gasteiger partial charge in [0.1, 0.15) is 11.6 Å². The molecular weight excluding hydrogens is 270 g/mol. The number of halogens is 2. The molecule has 4 heteroatoms. The van der Waals surface area contributed by atoms with Gasteiger partial charge in [0.25, 0.3) is 0 Å². The van der Waals surface area contributed by atoms with Crippen molar-refractivity contribution >= 4 is 0 Å². The summed E-state index contributed by atoms with van der Waals surface area (Å²) in [6.45, 7) is 8.94. The first-order chi connectivity index (χ1) is 10.0. The molecule has 0 bridgehead atoms. The Kier molecular flexibility index (Phi) is 5.71. The third-order valence-corrected chi connectivity index (χ3v) is 4.74. The van der Waals surface area contributed by atoms with Gasteiger partial charge in [0, 0.05) is 30.7 Å². The van der Waals surface area contributed by atoms with Gasteiger partial charge in [0.2, 0.25) is 0 Å². The van der Waals surface area contributed by atoms with Crippen LogP contribution < -0.4 is 5.32 Å². The second kappa shape index (κ2) is 7.32. The molecule has 0 amide bonds. The highest BCUT2D eigenvalue weighted by molar-refractivity contribution is 5.18. The summed E-state index contributed by atoms with van der Waals surface area (Å²) in [4.78, 5) is 2.27. The van der Waals surface area contributed by atoms with Gasteiger partial charge in [-0.3, -0.25) is 4.90 Å². The van der Waals surface area contributed by atoms with Crippen molar-refractivity contribution in [1.82, 2.24) is 10.2 Å². The zero-order valence-corrected chi connectivity index (χ0v) is 13.2. The van der Waals surface area contributed by atoms with Crippen LogP contribution in [0, 0.1) is 17.6 Å². The maximum atomic E-state index is 13.9. The number of nitrogens with one attached hydrogen (secondary N) is 1. The minimum atomic E-state index is -0.370. The highest BCUT2D eigenvalue weighted by Gasteiger charge is 2.26. The molecule has 0 aliphatic carbocycles. The quantitative estimate of drug-likeness (QED) is 0.914. The summed E-state index contributed by atoms with van der Waals surface area (Å²) >= 11 is 0. The summed E-state index contributed by atoms with van der Waals surface area (Å²) in [5.41, 5.74) is 0.451. The molecule has 1 fully saturated rings. The van der Waals surface area contributed by atoms with Crippen LogP contribution >= 0.6 is 0 Å². The van der Waals surface area contributed by atoms with Crippen LogP contribution in [0.15, 0.2) is 18.2 Å². The smallest absolute Gasteiger partial charge is 0.127 e. The van der Waals surface area contributed by atoms with E-state index in [0.29, 0.717) is 30.1 Å². The van der Waals surface area contributed by atoms with Crippen molar-refractivity contribution in [3.63, 3.8) is 0 Å². The second-order valence-electron chi connectivity index (χ2n) is 6.25. The van der Waals surface area contributed by atoms with Gasteiger partial charge < -0.3 is 5.32 Å². The Labute approximate surface area is 126 Å². The van der Waals surface area contributed by atoms with Gasteiger partial charge in [-0.15, -0.1) is 0 Å². The van der Waals surface area contributed by atoms with Crippen LogP contribution in [0.4, 0.5) is 8.78 Å². The number of hydrogen-bond donors (Lipinski definition) is 1. The molecule has 1 aromatic rings. The van der Waals surface area contributed by atoms with E-state index in [4.69, 9.17) is 0 Å². The first-order valence-corrected chi connectivity index (χ1v) is 7.92. The van der Waals surface area contributed by atoms with E-state index in [1.54, 1.807) is 0 Å². The molecule has 2 nitrogen and oxygen atoms in total. The van der Waals surface area contributed by atoms with Crippen molar-refractivity contribution in [3.8, 4) is 0 Å². The van der Waals surface area contributed by atoms with Crippen molar-refractivity contribution in [2.24, 2.45) is 5.92 Å². The summed E-state index contributed by atoms with van der Waals surface area (Å²) in [6, 6.07) is 4.50. The Hall–Kier alpha value is -1.00. The maximum absolute atomic E-state index is 13.9. The predicted octanol–water partition coefficient (Wildman–Crippen LogP) is 3.56. The minimum absolute atomic E-state index is 0.319. The number of rotatable bonds is 4. The third kappa shape index (κ3) is 4.24. The van der Waals surface area contributed by atoms with E-state index in [2.05, 4.69) is 31.0 Å². The summed E-state index contributed by atoms with van der Waals surface area (Å²) in [5.74, 6) is -0.110. The second-order valence-corrected chi connectivity index (χ2v) is 6.25. The molecule has 3 unspecified atom stereocenters. The monoisotopic (exact) mass is 296 g/mol. The molecule has 1 aliphatic rings. The summed E-state index contributed by atoms with van der Waals surface area (Å²) in [7, 11) is 0. The maximum Gasteiger partial charge on any atom is 0.127 e. The molecule has 0 spiro atoms. The lowest BCUT2D eigenvalue weighted by molar-refractivity contribution is 0.178. The van der Waals surface area contributed by atoms with E-state index >= 15 is 0 Å². The van der Waals surface area contributed by atoms with Gasteiger partial charge in [0.15, 0.2) is 0 Å². The summed E-state index contributed by atoms with van der Waals surface area (Å²) in [5, 5.41) is 3.59. The minimum Gasteiger partial charge on any atom is -0.312 e. The molecule has 21 heavy (non-hydrogen) atoms. The van der Waals surface area contributed by atoms with Crippen molar-refractivity contribution in [3.05, 3.63) is 35.4 Å². The van der Waals surface area contributed by atoms with Crippen LogP contribution in [-0.4, -0.2) is 30.1 Å². The molecule has 118 valence electrons. The van der Waals surface area contributed by atoms with Gasteiger partial charge >= 0.3 is 0 Å². The predicted molar refractivity (Wildman–Crippen MR) is 82.1 cm³/mol. The highest BCUT2D eigenvalue weighted by Crippen LogP contribution is 2.20. The van der Waals surface area contributed by atoms with E-state index in [9.17, 15) is 8.78 Å². The lowest BCUT2D eigenvalue weighted by atomic mass is 9.98. The van der Waals surface area contributed by atoms with Crippen molar-refractivity contribution in [2.75, 3.05) is 13.1 Å². The molecular formula is C17H26F2N2. The van der Waals surface area contributed by atoms with E-state index in [0.717, 1.165) is 25.9 Å². The lowest BCUT2D eigenvalue weighted by Gasteiger charge is -2.31. The molecule has 0 saturated carbocycles. The number of benzene rings is 1. The lowest BCUT2D eigenvalue weighted by Crippen LogP contribution is -2.43. The van der Waals surface area contributed by atoms with E-state index in [1.165, 1.54) is 18.2 Å². The molecule has 2 rings (SSSR count). The van der Waals surface area contributed by atoms with Gasteiger partial charge in [0.05, 0.1) is 0 Å². The van der Waals surface area contributed by atoms with Crippen LogP contribution in [0.25, 0.3) is 0 Å². The van der Waals surface area contributed by atoms with E-state index < -0.39 is 0 Å². The van der Waals surface area contributed by atoms with Crippen LogP contribution in [0.5, 0.6) is 0 Å². The average Bonchev–Trinajstić information content (AvgIpc) is 2.64. The normalized spacial score (nSPS) is 25.6. The standard InChI is InChI=1S/C17H26F2N2/c1-4-12(2)17-11-21(13(3)7-8-20-17)10-14-9-15(18)5-6-16(14)19/h5-6,9,12-13,17,20H,4,7-8,10-11H2,1-3H3. The molecule has 1 heterocycles. The SMILES string of the molecule is CCC(C)C1CN(Cc2cc(F)ccc2F)C(C)CCN1. The Bertz CT molecular complexity index is 464. The molecule has 1 aliphatic heterocycles. The zero-order chi connectivity index (χ0) is 15.4. The Morgan fingerprint density at radius 3 is 2.86 bits per heavy atom. The van der Waals surface area contributed by atoms with E-state index in [-0.39, 0.29) is 11.6 Å². The summed E-state index contributed by atoms with van der Waals surface area (Å²) in [6.07, 6.45) is 2.15. The van der Waals surface area contributed by atoms with Gasteiger partial charge in [-0.25, -0.2) is 8.78 Å². The fourth-order valence-electron chi connectivity index (χ4n) is 2.93.